The van der Waals surface area contributed by atoms with Gasteiger partial charge < -0.3 is 15.4 Å². The first-order valence-corrected chi connectivity index (χ1v) is 8.99. The van der Waals surface area contributed by atoms with Crippen molar-refractivity contribution in [2.75, 3.05) is 31.2 Å². The number of rotatable bonds is 5. The molecule has 1 aliphatic rings. The van der Waals surface area contributed by atoms with Gasteiger partial charge in [0.15, 0.2) is 5.96 Å². The van der Waals surface area contributed by atoms with E-state index in [9.17, 15) is 0 Å². The van der Waals surface area contributed by atoms with Crippen LogP contribution in [0.25, 0.3) is 0 Å². The lowest BCUT2D eigenvalue weighted by Gasteiger charge is -2.27. The van der Waals surface area contributed by atoms with Crippen LogP contribution in [0.1, 0.15) is 19.4 Å². The van der Waals surface area contributed by atoms with Gasteiger partial charge in [0.05, 0.1) is 13.2 Å². The molecule has 122 valence electrons. The number of aromatic nitrogens is 1. The Hall–Kier alpha value is -1.14. The van der Waals surface area contributed by atoms with Gasteiger partial charge in [-0.25, -0.2) is 9.98 Å². The Kier molecular flexibility index (Phi) is 6.64. The predicted octanol–water partition coefficient (Wildman–Crippen LogP) is 2.63. The minimum atomic E-state index is 0.435. The number of pyridine rings is 1. The molecule has 22 heavy (non-hydrogen) atoms. The summed E-state index contributed by atoms with van der Waals surface area (Å²) in [6, 6.07) is 1.84. The Morgan fingerprint density at radius 3 is 2.86 bits per heavy atom. The van der Waals surface area contributed by atoms with E-state index in [1.165, 1.54) is 0 Å². The highest BCUT2D eigenvalue weighted by molar-refractivity contribution is 7.99. The summed E-state index contributed by atoms with van der Waals surface area (Å²) in [4.78, 5) is 10.8. The Bertz CT molecular complexity index is 518. The molecule has 0 radical (unpaired) electrons. The molecule has 2 N–H and O–H groups in total. The van der Waals surface area contributed by atoms with E-state index in [0.717, 1.165) is 30.2 Å². The molecule has 5 nitrogen and oxygen atoms in total. The first-order valence-electron chi connectivity index (χ1n) is 7.46. The molecule has 0 aliphatic carbocycles. The van der Waals surface area contributed by atoms with Crippen molar-refractivity contribution in [3.63, 3.8) is 0 Å². The van der Waals surface area contributed by atoms with Crippen LogP contribution in [0.5, 0.6) is 5.88 Å². The number of thioether (sulfide) groups is 1. The Morgan fingerprint density at radius 2 is 2.23 bits per heavy atom. The van der Waals surface area contributed by atoms with Crippen LogP contribution in [0.15, 0.2) is 17.3 Å². The van der Waals surface area contributed by atoms with Gasteiger partial charge in [-0.15, -0.1) is 0 Å². The van der Waals surface area contributed by atoms with Gasteiger partial charge in [-0.05, 0) is 17.5 Å². The first kappa shape index (κ1) is 17.2. The lowest BCUT2D eigenvalue weighted by Crippen LogP contribution is -2.42. The summed E-state index contributed by atoms with van der Waals surface area (Å²) >= 11 is 8.14. The normalized spacial score (nSPS) is 16.2. The van der Waals surface area contributed by atoms with E-state index >= 15 is 0 Å². The second-order valence-electron chi connectivity index (χ2n) is 5.61. The van der Waals surface area contributed by atoms with E-state index in [0.29, 0.717) is 35.9 Å². The number of hydrogen-bond acceptors (Lipinski definition) is 4. The molecule has 1 aromatic heterocycles. The third kappa shape index (κ3) is 5.25. The lowest BCUT2D eigenvalue weighted by molar-refractivity contribution is 0.261. The van der Waals surface area contributed by atoms with Crippen LogP contribution in [-0.4, -0.2) is 47.0 Å². The molecule has 0 bridgehead atoms. The molecule has 2 rings (SSSR count). The van der Waals surface area contributed by atoms with E-state index < -0.39 is 0 Å². The average Bonchev–Trinajstić information content (AvgIpc) is 2.52. The molecule has 0 spiro atoms. The summed E-state index contributed by atoms with van der Waals surface area (Å²) in [5.41, 5.74) is 6.96. The maximum absolute atomic E-state index is 6.20. The predicted molar refractivity (Wildman–Crippen MR) is 93.8 cm³/mol. The van der Waals surface area contributed by atoms with Crippen molar-refractivity contribution < 1.29 is 4.74 Å². The Labute approximate surface area is 141 Å². The molecule has 1 fully saturated rings. The molecule has 0 unspecified atom stereocenters. The van der Waals surface area contributed by atoms with Gasteiger partial charge in [0.2, 0.25) is 5.88 Å². The topological polar surface area (TPSA) is 63.7 Å². The molecule has 2 heterocycles. The van der Waals surface area contributed by atoms with Crippen molar-refractivity contribution in [1.29, 1.82) is 0 Å². The van der Waals surface area contributed by atoms with E-state index in [1.807, 2.05) is 17.8 Å². The van der Waals surface area contributed by atoms with Crippen molar-refractivity contribution >= 4 is 29.3 Å². The summed E-state index contributed by atoms with van der Waals surface area (Å²) in [5.74, 6) is 3.71. The fourth-order valence-electron chi connectivity index (χ4n) is 1.97. The number of halogens is 1. The van der Waals surface area contributed by atoms with E-state index in [4.69, 9.17) is 22.1 Å². The second kappa shape index (κ2) is 8.48. The van der Waals surface area contributed by atoms with Crippen LogP contribution in [0.2, 0.25) is 5.02 Å². The Balaban J connectivity index is 1.93. The smallest absolute Gasteiger partial charge is 0.232 e. The quantitative estimate of drug-likeness (QED) is 0.658. The number of aliphatic imine (C=N–C) groups is 1. The van der Waals surface area contributed by atoms with Crippen LogP contribution in [-0.2, 0) is 6.54 Å². The van der Waals surface area contributed by atoms with Crippen molar-refractivity contribution in [3.8, 4) is 5.88 Å². The van der Waals surface area contributed by atoms with Crippen molar-refractivity contribution in [3.05, 3.63) is 22.8 Å². The minimum Gasteiger partial charge on any atom is -0.476 e. The lowest BCUT2D eigenvalue weighted by atomic mass is 10.2. The van der Waals surface area contributed by atoms with Crippen molar-refractivity contribution in [1.82, 2.24) is 9.88 Å². The highest BCUT2D eigenvalue weighted by Crippen LogP contribution is 2.23. The van der Waals surface area contributed by atoms with Crippen molar-refractivity contribution in [2.45, 2.75) is 20.4 Å². The molecular formula is C15H23ClN4OS. The van der Waals surface area contributed by atoms with E-state index in [-0.39, 0.29) is 0 Å². The molecule has 1 aliphatic heterocycles. The average molecular weight is 343 g/mol. The molecule has 0 atom stereocenters. The number of hydrogen-bond donors (Lipinski definition) is 1. The SMILES string of the molecule is CC(C)COc1ncc(CN=C(N)N2CCSCC2)cc1Cl. The zero-order chi connectivity index (χ0) is 15.9. The van der Waals surface area contributed by atoms with E-state index in [1.54, 1.807) is 6.20 Å². The fourth-order valence-corrected chi connectivity index (χ4v) is 3.11. The third-order valence-corrected chi connectivity index (χ3v) is 4.39. The maximum Gasteiger partial charge on any atom is 0.232 e. The van der Waals surface area contributed by atoms with Gasteiger partial charge in [-0.3, -0.25) is 0 Å². The summed E-state index contributed by atoms with van der Waals surface area (Å²) < 4.78 is 5.56. The zero-order valence-corrected chi connectivity index (χ0v) is 14.7. The second-order valence-corrected chi connectivity index (χ2v) is 7.24. The van der Waals surface area contributed by atoms with Crippen LogP contribution >= 0.6 is 23.4 Å². The molecule has 0 aromatic carbocycles. The molecule has 1 saturated heterocycles. The van der Waals surface area contributed by atoms with Gasteiger partial charge in [0.25, 0.3) is 0 Å². The molecule has 0 saturated carbocycles. The zero-order valence-electron chi connectivity index (χ0n) is 13.1. The highest BCUT2D eigenvalue weighted by Gasteiger charge is 2.12. The number of nitrogens with two attached hydrogens (primary N) is 1. The summed E-state index contributed by atoms with van der Waals surface area (Å²) in [7, 11) is 0. The molecular weight excluding hydrogens is 320 g/mol. The van der Waals surface area contributed by atoms with Gasteiger partial charge in [0.1, 0.15) is 5.02 Å². The number of nitrogens with zero attached hydrogens (tertiary/aromatic N) is 3. The summed E-state index contributed by atoms with van der Waals surface area (Å²) in [6.45, 7) is 7.16. The van der Waals surface area contributed by atoms with Gasteiger partial charge >= 0.3 is 0 Å². The van der Waals surface area contributed by atoms with Gasteiger partial charge in [0, 0.05) is 30.8 Å². The van der Waals surface area contributed by atoms with Crippen LogP contribution < -0.4 is 10.5 Å². The third-order valence-electron chi connectivity index (χ3n) is 3.18. The van der Waals surface area contributed by atoms with Gasteiger partial charge in [-0.2, -0.15) is 11.8 Å². The van der Waals surface area contributed by atoms with E-state index in [2.05, 4.69) is 28.7 Å². The summed E-state index contributed by atoms with van der Waals surface area (Å²) in [6.07, 6.45) is 1.74. The van der Waals surface area contributed by atoms with Gasteiger partial charge in [-0.1, -0.05) is 25.4 Å². The molecule has 1 aromatic rings. The van der Waals surface area contributed by atoms with Crippen LogP contribution in [0, 0.1) is 5.92 Å². The maximum atomic E-state index is 6.20. The highest BCUT2D eigenvalue weighted by atomic mass is 35.5. The number of ether oxygens (including phenoxy) is 1. The minimum absolute atomic E-state index is 0.435. The monoisotopic (exact) mass is 342 g/mol. The number of guanidine groups is 1. The fraction of sp³-hybridized carbons (Fsp3) is 0.600. The molecule has 0 amide bonds. The van der Waals surface area contributed by atoms with Crippen LogP contribution in [0.3, 0.4) is 0 Å². The first-order chi connectivity index (χ1) is 10.6. The van der Waals surface area contributed by atoms with Crippen LogP contribution in [0.4, 0.5) is 0 Å². The standard InChI is InChI=1S/C15H23ClN4OS/c1-11(2)10-21-14-13(16)7-12(8-18-14)9-19-15(17)20-3-5-22-6-4-20/h7-8,11H,3-6,9-10H2,1-2H3,(H2,17,19). The Morgan fingerprint density at radius 1 is 1.50 bits per heavy atom. The van der Waals surface area contributed by atoms with Crippen molar-refractivity contribution in [2.24, 2.45) is 16.6 Å². The molecule has 7 heteroatoms. The largest absolute Gasteiger partial charge is 0.476 e. The summed E-state index contributed by atoms with van der Waals surface area (Å²) in [5, 5.41) is 0.515.